The summed E-state index contributed by atoms with van der Waals surface area (Å²) in [6.07, 6.45) is 2.11. The second kappa shape index (κ2) is 3.61. The standard InChI is InChI=1S/C7H6N2O4/c10-7(11)2-5-1-6(9(12)13)4-8-3-5/h1,3-4H,2H2,(H,10,11). The molecular formula is C7H6N2O4. The van der Waals surface area contributed by atoms with Crippen molar-refractivity contribution in [2.45, 2.75) is 6.42 Å². The first-order valence-electron chi connectivity index (χ1n) is 3.39. The maximum Gasteiger partial charge on any atom is 0.307 e. The third kappa shape index (κ3) is 2.51. The molecule has 6 nitrogen and oxygen atoms in total. The fourth-order valence-corrected chi connectivity index (χ4v) is 0.845. The summed E-state index contributed by atoms with van der Waals surface area (Å²) < 4.78 is 0. The summed E-state index contributed by atoms with van der Waals surface area (Å²) in [4.78, 5) is 23.5. The Morgan fingerprint density at radius 1 is 1.62 bits per heavy atom. The van der Waals surface area contributed by atoms with Crippen molar-refractivity contribution in [1.82, 2.24) is 4.98 Å². The second-order valence-corrected chi connectivity index (χ2v) is 2.38. The fourth-order valence-electron chi connectivity index (χ4n) is 0.845. The molecule has 1 aromatic rings. The number of nitro groups is 1. The molecule has 0 radical (unpaired) electrons. The van der Waals surface area contributed by atoms with E-state index >= 15 is 0 Å². The Hall–Kier alpha value is -1.98. The summed E-state index contributed by atoms with van der Waals surface area (Å²) in [5.41, 5.74) is 0.125. The van der Waals surface area contributed by atoms with Crippen LogP contribution in [0.5, 0.6) is 0 Å². The zero-order chi connectivity index (χ0) is 9.84. The Balaban J connectivity index is 2.91. The van der Waals surface area contributed by atoms with E-state index in [0.29, 0.717) is 5.56 Å². The van der Waals surface area contributed by atoms with Crippen molar-refractivity contribution in [3.05, 3.63) is 34.1 Å². The highest BCUT2D eigenvalue weighted by Gasteiger charge is 2.08. The van der Waals surface area contributed by atoms with Crippen molar-refractivity contribution < 1.29 is 14.8 Å². The second-order valence-electron chi connectivity index (χ2n) is 2.38. The van der Waals surface area contributed by atoms with Gasteiger partial charge in [-0.3, -0.25) is 19.9 Å². The van der Waals surface area contributed by atoms with E-state index in [-0.39, 0.29) is 12.1 Å². The van der Waals surface area contributed by atoms with Crippen LogP contribution in [-0.4, -0.2) is 21.0 Å². The lowest BCUT2D eigenvalue weighted by Crippen LogP contribution is -2.01. The Morgan fingerprint density at radius 2 is 2.31 bits per heavy atom. The highest BCUT2D eigenvalue weighted by atomic mass is 16.6. The smallest absolute Gasteiger partial charge is 0.307 e. The number of hydrogen-bond donors (Lipinski definition) is 1. The van der Waals surface area contributed by atoms with Gasteiger partial charge in [-0.25, -0.2) is 0 Å². The number of hydrogen-bond acceptors (Lipinski definition) is 4. The van der Waals surface area contributed by atoms with E-state index in [9.17, 15) is 14.9 Å². The summed E-state index contributed by atoms with van der Waals surface area (Å²) >= 11 is 0. The van der Waals surface area contributed by atoms with Gasteiger partial charge in [-0.15, -0.1) is 0 Å². The van der Waals surface area contributed by atoms with Crippen LogP contribution in [0.4, 0.5) is 5.69 Å². The van der Waals surface area contributed by atoms with E-state index in [2.05, 4.69) is 4.98 Å². The van der Waals surface area contributed by atoms with Gasteiger partial charge in [-0.05, 0) is 5.56 Å². The normalized spacial score (nSPS) is 9.54. The summed E-state index contributed by atoms with van der Waals surface area (Å²) in [6, 6.07) is 1.20. The number of nitrogens with zero attached hydrogens (tertiary/aromatic N) is 2. The summed E-state index contributed by atoms with van der Waals surface area (Å²) in [7, 11) is 0. The maximum atomic E-state index is 10.3. The predicted molar refractivity (Wildman–Crippen MR) is 42.2 cm³/mol. The Kier molecular flexibility index (Phi) is 2.53. The van der Waals surface area contributed by atoms with Gasteiger partial charge in [0.05, 0.1) is 11.3 Å². The van der Waals surface area contributed by atoms with Gasteiger partial charge in [0.15, 0.2) is 0 Å². The molecule has 0 fully saturated rings. The minimum Gasteiger partial charge on any atom is -0.481 e. The van der Waals surface area contributed by atoms with Crippen molar-refractivity contribution in [2.24, 2.45) is 0 Å². The lowest BCUT2D eigenvalue weighted by Gasteiger charge is -1.95. The molecule has 68 valence electrons. The average Bonchev–Trinajstić information content (AvgIpc) is 2.03. The van der Waals surface area contributed by atoms with Gasteiger partial charge < -0.3 is 5.11 Å². The van der Waals surface area contributed by atoms with E-state index < -0.39 is 10.9 Å². The molecule has 0 aliphatic heterocycles. The summed E-state index contributed by atoms with van der Waals surface area (Å²) in [5.74, 6) is -1.04. The quantitative estimate of drug-likeness (QED) is 0.546. The van der Waals surface area contributed by atoms with Gasteiger partial charge in [-0.2, -0.15) is 0 Å². The molecular weight excluding hydrogens is 176 g/mol. The van der Waals surface area contributed by atoms with Gasteiger partial charge in [0, 0.05) is 12.3 Å². The average molecular weight is 182 g/mol. The minimum atomic E-state index is -1.04. The Bertz CT molecular complexity index is 350. The number of carboxylic acids is 1. The number of aromatic nitrogens is 1. The van der Waals surface area contributed by atoms with E-state index in [1.54, 1.807) is 0 Å². The third-order valence-electron chi connectivity index (χ3n) is 1.35. The highest BCUT2D eigenvalue weighted by molar-refractivity contribution is 5.70. The van der Waals surface area contributed by atoms with Crippen LogP contribution in [0.25, 0.3) is 0 Å². The third-order valence-corrected chi connectivity index (χ3v) is 1.35. The largest absolute Gasteiger partial charge is 0.481 e. The van der Waals surface area contributed by atoms with Gasteiger partial charge in [0.25, 0.3) is 5.69 Å². The molecule has 1 heterocycles. The van der Waals surface area contributed by atoms with Crippen LogP contribution in [0.2, 0.25) is 0 Å². The Labute approximate surface area is 73.0 Å². The molecule has 13 heavy (non-hydrogen) atoms. The SMILES string of the molecule is O=C(O)Cc1cncc([N+](=O)[O-])c1. The van der Waals surface area contributed by atoms with Gasteiger partial charge in [0.2, 0.25) is 0 Å². The monoisotopic (exact) mass is 182 g/mol. The first kappa shape index (κ1) is 9.11. The number of carboxylic acid groups (broad SMARTS) is 1. The minimum absolute atomic E-state index is 0.196. The first-order valence-corrected chi connectivity index (χ1v) is 3.39. The molecule has 1 aromatic heterocycles. The molecule has 0 amide bonds. The zero-order valence-electron chi connectivity index (χ0n) is 6.51. The molecule has 0 spiro atoms. The van der Waals surface area contributed by atoms with Crippen LogP contribution in [0.3, 0.4) is 0 Å². The molecule has 6 heteroatoms. The van der Waals surface area contributed by atoms with Crippen molar-refractivity contribution in [1.29, 1.82) is 0 Å². The van der Waals surface area contributed by atoms with Crippen molar-refractivity contribution in [3.63, 3.8) is 0 Å². The topological polar surface area (TPSA) is 93.3 Å². The molecule has 0 bridgehead atoms. The number of rotatable bonds is 3. The highest BCUT2D eigenvalue weighted by Crippen LogP contribution is 2.10. The molecule has 0 aliphatic rings. The predicted octanol–water partition coefficient (Wildman–Crippen LogP) is 0.617. The number of pyridine rings is 1. The lowest BCUT2D eigenvalue weighted by atomic mass is 10.2. The van der Waals surface area contributed by atoms with Crippen LogP contribution in [0, 0.1) is 10.1 Å². The summed E-state index contributed by atoms with van der Waals surface area (Å²) in [6.45, 7) is 0. The van der Waals surface area contributed by atoms with Crippen LogP contribution in [0.1, 0.15) is 5.56 Å². The van der Waals surface area contributed by atoms with Gasteiger partial charge in [0.1, 0.15) is 6.20 Å². The van der Waals surface area contributed by atoms with E-state index in [4.69, 9.17) is 5.11 Å². The van der Waals surface area contributed by atoms with Crippen LogP contribution < -0.4 is 0 Å². The molecule has 1 rings (SSSR count). The van der Waals surface area contributed by atoms with Gasteiger partial charge in [-0.1, -0.05) is 0 Å². The number of carbonyl (C=O) groups is 1. The maximum absolute atomic E-state index is 10.3. The molecule has 0 atom stereocenters. The van der Waals surface area contributed by atoms with E-state index in [1.807, 2.05) is 0 Å². The van der Waals surface area contributed by atoms with Crippen LogP contribution >= 0.6 is 0 Å². The Morgan fingerprint density at radius 3 is 2.85 bits per heavy atom. The van der Waals surface area contributed by atoms with E-state index in [1.165, 1.54) is 12.3 Å². The summed E-state index contributed by atoms with van der Waals surface area (Å²) in [5, 5.41) is 18.7. The molecule has 0 aromatic carbocycles. The van der Waals surface area contributed by atoms with Crippen LogP contribution in [0.15, 0.2) is 18.5 Å². The number of aliphatic carboxylic acids is 1. The lowest BCUT2D eigenvalue weighted by molar-refractivity contribution is -0.385. The van der Waals surface area contributed by atoms with Crippen molar-refractivity contribution in [3.8, 4) is 0 Å². The fraction of sp³-hybridized carbons (Fsp3) is 0.143. The zero-order valence-corrected chi connectivity index (χ0v) is 6.51. The van der Waals surface area contributed by atoms with E-state index in [0.717, 1.165) is 6.20 Å². The molecule has 0 saturated heterocycles. The van der Waals surface area contributed by atoms with Crippen molar-refractivity contribution >= 4 is 11.7 Å². The first-order chi connectivity index (χ1) is 6.09. The molecule has 0 unspecified atom stereocenters. The molecule has 0 aliphatic carbocycles. The van der Waals surface area contributed by atoms with Crippen LogP contribution in [-0.2, 0) is 11.2 Å². The van der Waals surface area contributed by atoms with Crippen molar-refractivity contribution in [2.75, 3.05) is 0 Å². The molecule has 1 N–H and O–H groups in total. The molecule has 0 saturated carbocycles. The van der Waals surface area contributed by atoms with Gasteiger partial charge >= 0.3 is 5.97 Å².